The molecular weight excluding hydrogens is 472 g/mol. The fourth-order valence-corrected chi connectivity index (χ4v) is 9.10. The first-order chi connectivity index (χ1) is 17.8. The highest BCUT2D eigenvalue weighted by atomic mass is 28.3. The highest BCUT2D eigenvalue weighted by Gasteiger charge is 2.40. The number of nitrogens with zero attached hydrogens (tertiary/aromatic N) is 2. The summed E-state index contributed by atoms with van der Waals surface area (Å²) in [6, 6.07) is 12.6. The van der Waals surface area contributed by atoms with Crippen LogP contribution in [0.3, 0.4) is 0 Å². The fourth-order valence-electron chi connectivity index (χ4n) is 6.03. The van der Waals surface area contributed by atoms with Gasteiger partial charge in [-0.05, 0) is 101 Å². The van der Waals surface area contributed by atoms with E-state index < -0.39 is 14.0 Å². The number of benzene rings is 2. The number of aryl methyl sites for hydroxylation is 1. The molecule has 2 heterocycles. The SMILES string of the molecule is CCCCC/N=C1/C=CC2=C(c3ccc(C(=O)O)cc3C)c3ccc(N4CCCC4)cc3[Si](C)(C)C2=C1. The van der Waals surface area contributed by atoms with Gasteiger partial charge in [-0.25, -0.2) is 4.79 Å². The third-order valence-electron chi connectivity index (χ3n) is 8.16. The Hall–Kier alpha value is -3.18. The first-order valence-corrected chi connectivity index (χ1v) is 16.7. The molecule has 2 aromatic rings. The number of allylic oxidation sites excluding steroid dienone is 5. The van der Waals surface area contributed by atoms with E-state index in [1.54, 1.807) is 12.1 Å². The Morgan fingerprint density at radius 3 is 2.49 bits per heavy atom. The Bertz CT molecular complexity index is 1360. The van der Waals surface area contributed by atoms with Gasteiger partial charge in [0.15, 0.2) is 0 Å². The molecule has 0 aromatic heterocycles. The van der Waals surface area contributed by atoms with Gasteiger partial charge in [-0.3, -0.25) is 4.99 Å². The molecule has 0 amide bonds. The number of carboxylic acid groups (broad SMARTS) is 1. The predicted octanol–water partition coefficient (Wildman–Crippen LogP) is 6.69. The molecule has 0 radical (unpaired) electrons. The number of hydrogen-bond donors (Lipinski definition) is 1. The van der Waals surface area contributed by atoms with Gasteiger partial charge in [0, 0.05) is 25.3 Å². The molecule has 5 rings (SSSR count). The monoisotopic (exact) mass is 510 g/mol. The van der Waals surface area contributed by atoms with Gasteiger partial charge >= 0.3 is 5.97 Å². The largest absolute Gasteiger partial charge is 0.478 e. The number of rotatable bonds is 7. The summed E-state index contributed by atoms with van der Waals surface area (Å²) in [6.07, 6.45) is 12.8. The van der Waals surface area contributed by atoms with Crippen LogP contribution >= 0.6 is 0 Å². The topological polar surface area (TPSA) is 52.9 Å². The van der Waals surface area contributed by atoms with Gasteiger partial charge in [0.05, 0.1) is 11.3 Å². The van der Waals surface area contributed by atoms with Crippen LogP contribution in [0.4, 0.5) is 5.69 Å². The highest BCUT2D eigenvalue weighted by molar-refractivity contribution is 6.98. The molecule has 2 aromatic carbocycles. The lowest BCUT2D eigenvalue weighted by molar-refractivity contribution is 0.0696. The van der Waals surface area contributed by atoms with Gasteiger partial charge in [-0.15, -0.1) is 0 Å². The van der Waals surface area contributed by atoms with Crippen molar-refractivity contribution < 1.29 is 9.90 Å². The van der Waals surface area contributed by atoms with Gasteiger partial charge in [-0.1, -0.05) is 51.1 Å². The average Bonchev–Trinajstić information content (AvgIpc) is 3.43. The normalized spacial score (nSPS) is 19.2. The maximum absolute atomic E-state index is 11.6. The molecule has 0 saturated carbocycles. The molecule has 0 bridgehead atoms. The first-order valence-electron chi connectivity index (χ1n) is 13.7. The molecule has 0 unspecified atom stereocenters. The summed E-state index contributed by atoms with van der Waals surface area (Å²) >= 11 is 0. The second-order valence-electron chi connectivity index (χ2n) is 11.1. The second-order valence-corrected chi connectivity index (χ2v) is 15.4. The van der Waals surface area contributed by atoms with Crippen molar-refractivity contribution in [1.29, 1.82) is 0 Å². The van der Waals surface area contributed by atoms with Crippen molar-refractivity contribution in [3.8, 4) is 0 Å². The molecule has 5 heteroatoms. The number of hydrogen-bond acceptors (Lipinski definition) is 3. The van der Waals surface area contributed by atoms with Crippen LogP contribution in [0, 0.1) is 6.92 Å². The van der Waals surface area contributed by atoms with Crippen LogP contribution in [0.2, 0.25) is 13.1 Å². The van der Waals surface area contributed by atoms with Crippen LogP contribution in [-0.4, -0.2) is 44.5 Å². The van der Waals surface area contributed by atoms with Gasteiger partial charge < -0.3 is 10.0 Å². The summed E-state index contributed by atoms with van der Waals surface area (Å²) in [4.78, 5) is 19.1. The smallest absolute Gasteiger partial charge is 0.335 e. The molecule has 0 atom stereocenters. The van der Waals surface area contributed by atoms with Crippen molar-refractivity contribution in [3.63, 3.8) is 0 Å². The van der Waals surface area contributed by atoms with Crippen molar-refractivity contribution in [1.82, 2.24) is 0 Å². The van der Waals surface area contributed by atoms with E-state index in [0.717, 1.165) is 42.9 Å². The van der Waals surface area contributed by atoms with Crippen LogP contribution in [0.1, 0.15) is 66.1 Å². The molecule has 37 heavy (non-hydrogen) atoms. The van der Waals surface area contributed by atoms with Gasteiger partial charge in [0.2, 0.25) is 0 Å². The van der Waals surface area contributed by atoms with E-state index >= 15 is 0 Å². The molecule has 4 nitrogen and oxygen atoms in total. The quantitative estimate of drug-likeness (QED) is 0.333. The molecule has 1 N–H and O–H groups in total. The summed E-state index contributed by atoms with van der Waals surface area (Å²) < 4.78 is 0. The van der Waals surface area contributed by atoms with Crippen LogP contribution in [-0.2, 0) is 0 Å². The molecular formula is C32H38N2O2Si. The lowest BCUT2D eigenvalue weighted by atomic mass is 9.87. The van der Waals surface area contributed by atoms with E-state index in [2.05, 4.69) is 61.3 Å². The van der Waals surface area contributed by atoms with Crippen molar-refractivity contribution in [2.45, 2.75) is 59.0 Å². The fraction of sp³-hybridized carbons (Fsp3) is 0.375. The third kappa shape index (κ3) is 4.77. The van der Waals surface area contributed by atoms with Crippen molar-refractivity contribution in [2.75, 3.05) is 24.5 Å². The van der Waals surface area contributed by atoms with E-state index in [0.29, 0.717) is 5.56 Å². The molecule has 3 aliphatic rings. The number of anilines is 1. The lowest BCUT2D eigenvalue weighted by Gasteiger charge is -2.39. The molecule has 1 fully saturated rings. The summed E-state index contributed by atoms with van der Waals surface area (Å²) in [7, 11) is -2.02. The van der Waals surface area contributed by atoms with E-state index in [9.17, 15) is 9.90 Å². The molecule has 2 aliphatic heterocycles. The van der Waals surface area contributed by atoms with E-state index in [1.165, 1.54) is 58.5 Å². The first kappa shape index (κ1) is 25.5. The lowest BCUT2D eigenvalue weighted by Crippen LogP contribution is -2.49. The number of aliphatic imine (C=N–C) groups is 1. The van der Waals surface area contributed by atoms with Gasteiger partial charge in [0.1, 0.15) is 8.07 Å². The molecule has 192 valence electrons. The molecule has 1 aliphatic carbocycles. The van der Waals surface area contributed by atoms with E-state index in [4.69, 9.17) is 4.99 Å². The zero-order chi connectivity index (χ0) is 26.2. The summed E-state index contributed by atoms with van der Waals surface area (Å²) in [5, 5.41) is 12.4. The summed E-state index contributed by atoms with van der Waals surface area (Å²) in [6.45, 7) is 12.3. The minimum atomic E-state index is -2.02. The van der Waals surface area contributed by atoms with Crippen LogP contribution < -0.4 is 10.1 Å². The van der Waals surface area contributed by atoms with Gasteiger partial charge in [-0.2, -0.15) is 0 Å². The van der Waals surface area contributed by atoms with Crippen molar-refractivity contribution >= 4 is 36.2 Å². The van der Waals surface area contributed by atoms with Gasteiger partial charge in [0.25, 0.3) is 0 Å². The third-order valence-corrected chi connectivity index (χ3v) is 11.7. The van der Waals surface area contributed by atoms with E-state index in [1.807, 2.05) is 13.0 Å². The van der Waals surface area contributed by atoms with Crippen LogP contribution in [0.25, 0.3) is 5.57 Å². The minimum Gasteiger partial charge on any atom is -0.478 e. The average molecular weight is 511 g/mol. The Kier molecular flexibility index (Phi) is 7.08. The maximum Gasteiger partial charge on any atom is 0.335 e. The molecule has 0 spiro atoms. The minimum absolute atomic E-state index is 0.332. The van der Waals surface area contributed by atoms with Crippen LogP contribution in [0.15, 0.2) is 70.4 Å². The zero-order valence-electron chi connectivity index (χ0n) is 22.6. The Morgan fingerprint density at radius 1 is 1.03 bits per heavy atom. The molecule has 1 saturated heterocycles. The Labute approximate surface area is 222 Å². The van der Waals surface area contributed by atoms with Crippen LogP contribution in [0.5, 0.6) is 0 Å². The number of fused-ring (bicyclic) bond motifs is 2. The number of unbranched alkanes of at least 4 members (excludes halogenated alkanes) is 2. The number of carboxylic acids is 1. The number of aromatic carboxylic acids is 1. The Balaban J connectivity index is 1.69. The summed E-state index contributed by atoms with van der Waals surface area (Å²) in [5.74, 6) is -0.887. The Morgan fingerprint density at radius 2 is 1.78 bits per heavy atom. The van der Waals surface area contributed by atoms with E-state index in [-0.39, 0.29) is 0 Å². The summed E-state index contributed by atoms with van der Waals surface area (Å²) in [5.41, 5.74) is 8.63. The predicted molar refractivity (Wildman–Crippen MR) is 158 cm³/mol. The van der Waals surface area contributed by atoms with Crippen molar-refractivity contribution in [3.05, 3.63) is 87.6 Å². The number of carbonyl (C=O) groups is 1. The maximum atomic E-state index is 11.6. The zero-order valence-corrected chi connectivity index (χ0v) is 23.6. The standard InChI is InChI=1S/C32H38N2O2Si/c1-5-6-7-16-33-24-11-14-27-29(20-24)37(3,4)30-21-25(34-17-8-9-18-34)12-15-28(30)31(27)26-13-10-23(32(35)36)19-22(26)2/h10-15,19-21H,5-9,16-18H2,1-4H3,(H,35,36)/b33-24-. The second kappa shape index (κ2) is 10.3. The highest BCUT2D eigenvalue weighted by Crippen LogP contribution is 2.43. The van der Waals surface area contributed by atoms with Crippen molar-refractivity contribution in [2.24, 2.45) is 4.99 Å².